The first-order chi connectivity index (χ1) is 22.3. The highest BCUT2D eigenvalue weighted by atomic mass is 35.5. The van der Waals surface area contributed by atoms with Crippen molar-refractivity contribution in [3.8, 4) is 0 Å². The molecule has 2 heterocycles. The average molecular weight is 664 g/mol. The maximum Gasteiger partial charge on any atom is 0.294 e. The van der Waals surface area contributed by atoms with E-state index in [2.05, 4.69) is 36.2 Å². The first kappa shape index (κ1) is 36.7. The van der Waals surface area contributed by atoms with Crippen molar-refractivity contribution in [1.29, 1.82) is 0 Å². The van der Waals surface area contributed by atoms with Crippen LogP contribution in [0.2, 0.25) is 5.15 Å². The first-order valence-electron chi connectivity index (χ1n) is 16.1. The molecular formula is C37H46ClN3O4S. The second-order valence-electron chi connectivity index (χ2n) is 11.1. The Bertz CT molecular complexity index is 1630. The first-order valence-corrected chi connectivity index (χ1v) is 18.0. The van der Waals surface area contributed by atoms with E-state index in [0.717, 1.165) is 48.6 Å². The second-order valence-corrected chi connectivity index (χ2v) is 12.9. The molecule has 4 rings (SSSR count). The van der Waals surface area contributed by atoms with Gasteiger partial charge in [0.05, 0.1) is 10.6 Å². The fourth-order valence-electron chi connectivity index (χ4n) is 4.91. The quantitative estimate of drug-likeness (QED) is 0.0689. The molecule has 0 fully saturated rings. The lowest BCUT2D eigenvalue weighted by Gasteiger charge is -2.24. The average Bonchev–Trinajstić information content (AvgIpc) is 3.48. The number of amides is 1. The van der Waals surface area contributed by atoms with Crippen LogP contribution in [0.4, 0.5) is 5.69 Å². The Morgan fingerprint density at radius 1 is 0.826 bits per heavy atom. The molecule has 2 aromatic carbocycles. The molecular weight excluding hydrogens is 618 g/mol. The molecule has 1 N–H and O–H groups in total. The molecule has 1 amide bonds. The molecule has 9 heteroatoms. The zero-order valence-corrected chi connectivity index (χ0v) is 28.2. The van der Waals surface area contributed by atoms with Crippen LogP contribution in [0.3, 0.4) is 0 Å². The number of benzene rings is 2. The van der Waals surface area contributed by atoms with Crippen molar-refractivity contribution >= 4 is 44.1 Å². The van der Waals surface area contributed by atoms with Gasteiger partial charge in [-0.2, -0.15) is 8.42 Å². The molecule has 7 nitrogen and oxygen atoms in total. The van der Waals surface area contributed by atoms with Gasteiger partial charge in [0, 0.05) is 25.0 Å². The Hall–Kier alpha value is -3.72. The highest BCUT2D eigenvalue weighted by Gasteiger charge is 2.18. The lowest BCUT2D eigenvalue weighted by atomic mass is 10.1. The lowest BCUT2D eigenvalue weighted by molar-refractivity contribution is -0.119. The standard InChI is InChI=1S/C27H38ClN3O.C10H8O3S/c1-2-3-4-5-6-7-8-9-10-11-12-13-14-15-16-19-27(32)31(25-20-22-29-23-21-25)30-24-17-18-26(30)28;11-14(12,13)10-6-5-8-3-1-2-4-9(8)7-10/h6-7,9-10,17-18,20-24H,2-5,8,11-16,19H2,1H3;1-7H,(H,11,12,13)/b7-6-,10-9-;. The van der Waals surface area contributed by atoms with Gasteiger partial charge in [0.1, 0.15) is 5.15 Å². The number of fused-ring (bicyclic) bond motifs is 1. The van der Waals surface area contributed by atoms with Crippen LogP contribution in [0.5, 0.6) is 0 Å². The van der Waals surface area contributed by atoms with E-state index in [0.29, 0.717) is 11.6 Å². The van der Waals surface area contributed by atoms with Crippen molar-refractivity contribution in [1.82, 2.24) is 9.66 Å². The van der Waals surface area contributed by atoms with Crippen LogP contribution in [-0.4, -0.2) is 28.5 Å². The molecule has 0 aliphatic heterocycles. The van der Waals surface area contributed by atoms with E-state index >= 15 is 0 Å². The van der Waals surface area contributed by atoms with E-state index in [1.165, 1.54) is 50.7 Å². The molecule has 0 spiro atoms. The van der Waals surface area contributed by atoms with Gasteiger partial charge in [-0.15, -0.1) is 0 Å². The summed E-state index contributed by atoms with van der Waals surface area (Å²) in [5, 5.41) is 3.88. The number of unbranched alkanes of at least 4 members (excludes halogenated alkanes) is 8. The number of anilines is 1. The summed E-state index contributed by atoms with van der Waals surface area (Å²) in [7, 11) is -4.09. The summed E-state index contributed by atoms with van der Waals surface area (Å²) < 4.78 is 32.2. The largest absolute Gasteiger partial charge is 0.294 e. The van der Waals surface area contributed by atoms with E-state index in [1.54, 1.807) is 46.5 Å². The zero-order valence-electron chi connectivity index (χ0n) is 26.7. The highest BCUT2D eigenvalue weighted by molar-refractivity contribution is 7.85. The van der Waals surface area contributed by atoms with Crippen LogP contribution in [0.15, 0.2) is 115 Å². The van der Waals surface area contributed by atoms with E-state index in [-0.39, 0.29) is 10.8 Å². The summed E-state index contributed by atoms with van der Waals surface area (Å²) in [6.45, 7) is 2.24. The fourth-order valence-corrected chi connectivity index (χ4v) is 5.63. The summed E-state index contributed by atoms with van der Waals surface area (Å²) in [5.41, 5.74) is 0.769. The topological polar surface area (TPSA) is 92.5 Å². The maximum atomic E-state index is 12.9. The Kier molecular flexibility index (Phi) is 16.3. The third kappa shape index (κ3) is 12.9. The smallest absolute Gasteiger partial charge is 0.282 e. The second kappa shape index (κ2) is 20.4. The van der Waals surface area contributed by atoms with Crippen molar-refractivity contribution in [2.45, 2.75) is 88.9 Å². The summed E-state index contributed by atoms with van der Waals surface area (Å²) >= 11 is 6.27. The highest BCUT2D eigenvalue weighted by Crippen LogP contribution is 2.21. The van der Waals surface area contributed by atoms with Gasteiger partial charge in [0.2, 0.25) is 5.91 Å². The van der Waals surface area contributed by atoms with Crippen molar-refractivity contribution < 1.29 is 17.8 Å². The zero-order chi connectivity index (χ0) is 33.0. The predicted octanol–water partition coefficient (Wildman–Crippen LogP) is 10.2. The number of rotatable bonds is 17. The van der Waals surface area contributed by atoms with Gasteiger partial charge in [-0.1, -0.05) is 105 Å². The van der Waals surface area contributed by atoms with E-state index < -0.39 is 10.1 Å². The normalized spacial score (nSPS) is 11.6. The van der Waals surface area contributed by atoms with Gasteiger partial charge in [-0.25, -0.2) is 9.69 Å². The molecule has 0 unspecified atom stereocenters. The van der Waals surface area contributed by atoms with E-state index in [9.17, 15) is 13.2 Å². The molecule has 246 valence electrons. The van der Waals surface area contributed by atoms with Crippen LogP contribution in [0, 0.1) is 0 Å². The molecule has 46 heavy (non-hydrogen) atoms. The van der Waals surface area contributed by atoms with Gasteiger partial charge < -0.3 is 0 Å². The van der Waals surface area contributed by atoms with Crippen LogP contribution in [0.1, 0.15) is 84.0 Å². The van der Waals surface area contributed by atoms with Gasteiger partial charge >= 0.3 is 0 Å². The van der Waals surface area contributed by atoms with E-state index in [4.69, 9.17) is 16.2 Å². The summed E-state index contributed by atoms with van der Waals surface area (Å²) in [6.07, 6.45) is 27.7. The number of aromatic nitrogens is 2. The minimum atomic E-state index is -4.09. The molecule has 0 atom stereocenters. The van der Waals surface area contributed by atoms with Crippen LogP contribution in [0.25, 0.3) is 10.8 Å². The van der Waals surface area contributed by atoms with Crippen molar-refractivity contribution in [2.75, 3.05) is 5.01 Å². The molecule has 2 aromatic heterocycles. The van der Waals surface area contributed by atoms with Crippen LogP contribution < -0.4 is 5.01 Å². The Labute approximate surface area is 279 Å². The third-order valence-electron chi connectivity index (χ3n) is 7.40. The number of pyridine rings is 1. The number of nitrogens with zero attached hydrogens (tertiary/aromatic N) is 3. The minimum Gasteiger partial charge on any atom is -0.282 e. The third-order valence-corrected chi connectivity index (χ3v) is 8.55. The molecule has 0 saturated carbocycles. The molecule has 0 aliphatic rings. The number of allylic oxidation sites excluding steroid dienone is 4. The Morgan fingerprint density at radius 2 is 1.48 bits per heavy atom. The molecule has 0 aliphatic carbocycles. The van der Waals surface area contributed by atoms with Crippen LogP contribution in [-0.2, 0) is 14.9 Å². The maximum absolute atomic E-state index is 12.9. The van der Waals surface area contributed by atoms with Gasteiger partial charge in [0.15, 0.2) is 0 Å². The summed E-state index contributed by atoms with van der Waals surface area (Å²) in [5.74, 6) is 0.0417. The van der Waals surface area contributed by atoms with Crippen LogP contribution >= 0.6 is 11.6 Å². The number of hydrogen-bond donors (Lipinski definition) is 1. The predicted molar refractivity (Wildman–Crippen MR) is 190 cm³/mol. The number of carbonyl (C=O) groups excluding carboxylic acids is 1. The monoisotopic (exact) mass is 663 g/mol. The van der Waals surface area contributed by atoms with Gasteiger partial charge in [-0.3, -0.25) is 14.3 Å². The molecule has 4 aromatic rings. The summed E-state index contributed by atoms with van der Waals surface area (Å²) in [4.78, 5) is 16.9. The number of carbonyl (C=O) groups is 1. The Morgan fingerprint density at radius 3 is 2.13 bits per heavy atom. The molecule has 0 radical (unpaired) electrons. The van der Waals surface area contributed by atoms with Crippen molar-refractivity contribution in [3.05, 3.63) is 115 Å². The minimum absolute atomic E-state index is 0.0417. The Balaban J connectivity index is 0.000000339. The number of hydrogen-bond acceptors (Lipinski definition) is 4. The SMILES string of the molecule is CCCCC/C=C\C/C=C\CCCCCCCC(=O)N(c1ccncc1)n1cccc1Cl.O=S(=O)(O)c1ccc2ccccc2c1. The van der Waals surface area contributed by atoms with E-state index in [1.807, 2.05) is 36.4 Å². The lowest BCUT2D eigenvalue weighted by Crippen LogP contribution is -2.35. The summed E-state index contributed by atoms with van der Waals surface area (Å²) in [6, 6.07) is 19.1. The molecule has 0 bridgehead atoms. The van der Waals surface area contributed by atoms with Crippen molar-refractivity contribution in [2.24, 2.45) is 0 Å². The fraction of sp³-hybridized carbons (Fsp3) is 0.351. The molecule has 0 saturated heterocycles. The van der Waals surface area contributed by atoms with Crippen molar-refractivity contribution in [3.63, 3.8) is 0 Å². The number of halogens is 1. The van der Waals surface area contributed by atoms with Gasteiger partial charge in [-0.05, 0) is 85.7 Å². The van der Waals surface area contributed by atoms with Gasteiger partial charge in [0.25, 0.3) is 10.1 Å².